The summed E-state index contributed by atoms with van der Waals surface area (Å²) in [5, 5.41) is 20.6. The highest BCUT2D eigenvalue weighted by atomic mass is 19.1. The molecule has 1 aliphatic carbocycles. The molecule has 2 N–H and O–H groups in total. The summed E-state index contributed by atoms with van der Waals surface area (Å²) in [7, 11) is 0. The minimum atomic E-state index is -1.54. The molecule has 0 amide bonds. The number of rotatable bonds is 3. The first-order valence-electron chi connectivity index (χ1n) is 11.4. The molecule has 176 valence electrons. The minimum Gasteiger partial charge on any atom is -0.458 e. The lowest BCUT2D eigenvalue weighted by atomic mass is 9.92. The molecule has 8 nitrogen and oxygen atoms in total. The molecule has 1 unspecified atom stereocenters. The Morgan fingerprint density at radius 2 is 2.09 bits per heavy atom. The van der Waals surface area contributed by atoms with E-state index in [4.69, 9.17) is 14.5 Å². The van der Waals surface area contributed by atoms with Gasteiger partial charge in [0.15, 0.2) is 6.10 Å². The second-order valence-electron chi connectivity index (χ2n) is 9.05. The number of esters is 1. The van der Waals surface area contributed by atoms with E-state index in [9.17, 15) is 24.2 Å². The van der Waals surface area contributed by atoms with Crippen molar-refractivity contribution in [1.82, 2.24) is 9.55 Å². The third-order valence-corrected chi connectivity index (χ3v) is 7.24. The van der Waals surface area contributed by atoms with Crippen LogP contribution in [0.4, 0.5) is 4.39 Å². The Morgan fingerprint density at radius 3 is 2.88 bits per heavy atom. The predicted molar refractivity (Wildman–Crippen MR) is 119 cm³/mol. The molecule has 9 heteroatoms. The van der Waals surface area contributed by atoms with E-state index < -0.39 is 12.1 Å². The van der Waals surface area contributed by atoms with Crippen LogP contribution in [-0.2, 0) is 33.8 Å². The number of cyclic esters (lactones) is 1. The van der Waals surface area contributed by atoms with Crippen LogP contribution in [0.5, 0.6) is 0 Å². The maximum Gasteiger partial charge on any atom is 0.340 e. The topological polar surface area (TPSA) is 111 Å². The monoisotopic (exact) mass is 466 g/mol. The van der Waals surface area contributed by atoms with Crippen molar-refractivity contribution in [3.8, 4) is 11.4 Å². The van der Waals surface area contributed by atoms with E-state index in [1.165, 1.54) is 6.07 Å². The Morgan fingerprint density at radius 1 is 1.26 bits per heavy atom. The van der Waals surface area contributed by atoms with E-state index >= 15 is 0 Å². The highest BCUT2D eigenvalue weighted by molar-refractivity contribution is 5.92. The van der Waals surface area contributed by atoms with Crippen LogP contribution >= 0.6 is 0 Å². The third kappa shape index (κ3) is 2.90. The first kappa shape index (κ1) is 21.4. The molecule has 3 aromatic rings. The van der Waals surface area contributed by atoms with Gasteiger partial charge in [0, 0.05) is 22.6 Å². The average Bonchev–Trinajstić information content (AvgIpc) is 3.07. The van der Waals surface area contributed by atoms with Crippen LogP contribution in [0, 0.1) is 12.7 Å². The average molecular weight is 466 g/mol. The van der Waals surface area contributed by atoms with Crippen molar-refractivity contribution in [3.63, 3.8) is 0 Å². The van der Waals surface area contributed by atoms with E-state index in [1.54, 1.807) is 17.6 Å². The standard InChI is InChI=1S/C25H23FN2O6/c1-11-12-3-2-4-19(33-6-5-29)21-14-9-28-18(22(14)27-17(20(12)21)8-16(11)26)7-13-15(24(28)31)10-34-25(32)23(13)30/h7-8,19,23,29-30H,2-6,9-10H2,1H3/t19?,23-/m0/s1. The molecule has 0 spiro atoms. The van der Waals surface area contributed by atoms with Crippen molar-refractivity contribution >= 4 is 16.9 Å². The maximum atomic E-state index is 14.9. The first-order valence-corrected chi connectivity index (χ1v) is 11.4. The molecule has 3 aliphatic rings. The van der Waals surface area contributed by atoms with Gasteiger partial charge in [-0.3, -0.25) is 4.79 Å². The van der Waals surface area contributed by atoms with Gasteiger partial charge in [-0.05, 0) is 48.9 Å². The zero-order valence-electron chi connectivity index (χ0n) is 18.6. The van der Waals surface area contributed by atoms with Crippen molar-refractivity contribution in [2.75, 3.05) is 13.2 Å². The van der Waals surface area contributed by atoms with Crippen LogP contribution in [0.15, 0.2) is 16.9 Å². The van der Waals surface area contributed by atoms with Gasteiger partial charge in [-0.15, -0.1) is 0 Å². The molecule has 0 saturated heterocycles. The molecule has 2 aromatic heterocycles. The van der Waals surface area contributed by atoms with Crippen LogP contribution in [-0.4, -0.2) is 38.9 Å². The quantitative estimate of drug-likeness (QED) is 0.446. The number of benzene rings is 1. The summed E-state index contributed by atoms with van der Waals surface area (Å²) in [4.78, 5) is 30.0. The molecular formula is C25H23FN2O6. The SMILES string of the molecule is Cc1c(F)cc2nc3c(c4c2c1CCCC4OCCO)Cn1c-3cc2c(c1=O)COC(=O)[C@H]2O. The van der Waals surface area contributed by atoms with E-state index in [1.807, 2.05) is 0 Å². The number of fused-ring (bicyclic) bond motifs is 5. The molecule has 0 radical (unpaired) electrons. The molecule has 0 fully saturated rings. The Hall–Kier alpha value is -3.14. The van der Waals surface area contributed by atoms with Gasteiger partial charge in [0.1, 0.15) is 12.4 Å². The fourth-order valence-electron chi connectivity index (χ4n) is 5.61. The number of aliphatic hydroxyl groups is 2. The second kappa shape index (κ2) is 7.69. The zero-order chi connectivity index (χ0) is 23.7. The summed E-state index contributed by atoms with van der Waals surface area (Å²) < 4.78 is 27.5. The van der Waals surface area contributed by atoms with Crippen LogP contribution in [0.2, 0.25) is 0 Å². The Balaban J connectivity index is 1.66. The van der Waals surface area contributed by atoms with Crippen molar-refractivity contribution in [2.45, 2.75) is 51.5 Å². The lowest BCUT2D eigenvalue weighted by molar-refractivity contribution is -0.157. The van der Waals surface area contributed by atoms with Gasteiger partial charge >= 0.3 is 5.97 Å². The van der Waals surface area contributed by atoms with Crippen molar-refractivity contribution in [2.24, 2.45) is 0 Å². The number of ether oxygens (including phenoxy) is 2. The number of carbonyl (C=O) groups is 1. The van der Waals surface area contributed by atoms with Crippen LogP contribution in [0.3, 0.4) is 0 Å². The molecular weight excluding hydrogens is 443 g/mol. The second-order valence-corrected chi connectivity index (χ2v) is 9.05. The highest BCUT2D eigenvalue weighted by Gasteiger charge is 2.37. The molecule has 2 aliphatic heterocycles. The highest BCUT2D eigenvalue weighted by Crippen LogP contribution is 2.45. The maximum absolute atomic E-state index is 14.9. The summed E-state index contributed by atoms with van der Waals surface area (Å²) in [5.74, 6) is -1.14. The number of hydrogen-bond donors (Lipinski definition) is 2. The van der Waals surface area contributed by atoms with Gasteiger partial charge in [-0.1, -0.05) is 0 Å². The Kier molecular flexibility index (Phi) is 4.84. The number of nitrogens with zero attached hydrogens (tertiary/aromatic N) is 2. The fourth-order valence-corrected chi connectivity index (χ4v) is 5.61. The van der Waals surface area contributed by atoms with Gasteiger partial charge < -0.3 is 24.3 Å². The summed E-state index contributed by atoms with van der Waals surface area (Å²) in [6.07, 6.45) is 0.267. The van der Waals surface area contributed by atoms with E-state index in [0.717, 1.165) is 28.5 Å². The lowest BCUT2D eigenvalue weighted by Crippen LogP contribution is -2.32. The predicted octanol–water partition coefficient (Wildman–Crippen LogP) is 2.35. The largest absolute Gasteiger partial charge is 0.458 e. The van der Waals surface area contributed by atoms with Crippen molar-refractivity contribution in [3.05, 3.63) is 61.7 Å². The molecule has 2 atom stereocenters. The Labute approximate surface area is 193 Å². The summed E-state index contributed by atoms with van der Waals surface area (Å²) in [6.45, 7) is 1.85. The van der Waals surface area contributed by atoms with Crippen LogP contribution in [0.25, 0.3) is 22.3 Å². The van der Waals surface area contributed by atoms with Crippen molar-refractivity contribution in [1.29, 1.82) is 0 Å². The number of hydrogen-bond acceptors (Lipinski definition) is 7. The molecule has 0 bridgehead atoms. The number of aliphatic hydroxyl groups excluding tert-OH is 2. The minimum absolute atomic E-state index is 0.124. The van der Waals surface area contributed by atoms with Gasteiger partial charge in [0.25, 0.3) is 5.56 Å². The normalized spacial score (nSPS) is 20.5. The zero-order valence-corrected chi connectivity index (χ0v) is 18.6. The number of aryl methyl sites for hydroxylation is 1. The summed E-state index contributed by atoms with van der Waals surface area (Å²) in [5.41, 5.74) is 4.74. The number of carbonyl (C=O) groups excluding carboxylic acids is 1. The third-order valence-electron chi connectivity index (χ3n) is 7.24. The van der Waals surface area contributed by atoms with Gasteiger partial charge in [0.2, 0.25) is 0 Å². The number of halogens is 1. The van der Waals surface area contributed by atoms with E-state index in [-0.39, 0.29) is 55.0 Å². The molecule has 1 aromatic carbocycles. The van der Waals surface area contributed by atoms with Gasteiger partial charge in [-0.2, -0.15) is 0 Å². The van der Waals surface area contributed by atoms with Gasteiger partial charge in [-0.25, -0.2) is 14.2 Å². The molecule has 34 heavy (non-hydrogen) atoms. The Bertz CT molecular complexity index is 1450. The number of pyridine rings is 2. The lowest BCUT2D eigenvalue weighted by Gasteiger charge is -2.21. The van der Waals surface area contributed by atoms with E-state index in [0.29, 0.717) is 35.3 Å². The molecule has 6 rings (SSSR count). The van der Waals surface area contributed by atoms with Gasteiger partial charge in [0.05, 0.1) is 48.3 Å². The smallest absolute Gasteiger partial charge is 0.340 e. The van der Waals surface area contributed by atoms with Crippen LogP contribution < -0.4 is 5.56 Å². The van der Waals surface area contributed by atoms with Crippen LogP contribution in [0.1, 0.15) is 58.4 Å². The first-order chi connectivity index (χ1) is 16.4. The fraction of sp³-hybridized carbons (Fsp3) is 0.400. The number of aromatic nitrogens is 2. The summed E-state index contributed by atoms with van der Waals surface area (Å²) >= 11 is 0. The van der Waals surface area contributed by atoms with E-state index in [2.05, 4.69) is 0 Å². The molecule has 4 heterocycles. The molecule has 0 saturated carbocycles. The van der Waals surface area contributed by atoms with Crippen molar-refractivity contribution < 1.29 is 28.9 Å². The summed E-state index contributed by atoms with van der Waals surface area (Å²) in [6, 6.07) is 3.03.